The summed E-state index contributed by atoms with van der Waals surface area (Å²) in [7, 11) is 1.78. The van der Waals surface area contributed by atoms with E-state index in [1.54, 1.807) is 7.05 Å². The van der Waals surface area contributed by atoms with Gasteiger partial charge in [-0.05, 0) is 45.1 Å². The molecule has 0 radical (unpaired) electrons. The standard InChI is InChI=1S/C17H28F2N2/c1-6-17(7-2,21(8-3)9-4)16(20-5)15-13(18)11-10-12-14(15)19/h10-12,16,20H,6-9H2,1-5H3. The second kappa shape index (κ2) is 7.85. The van der Waals surface area contributed by atoms with Crippen LogP contribution in [0.5, 0.6) is 0 Å². The predicted molar refractivity (Wildman–Crippen MR) is 84.4 cm³/mol. The lowest BCUT2D eigenvalue weighted by molar-refractivity contribution is 0.0489. The summed E-state index contributed by atoms with van der Waals surface area (Å²) in [5, 5.41) is 3.17. The summed E-state index contributed by atoms with van der Waals surface area (Å²) in [5.41, 5.74) is -0.156. The van der Waals surface area contributed by atoms with Gasteiger partial charge in [-0.2, -0.15) is 0 Å². The molecule has 1 aromatic rings. The molecule has 1 atom stereocenters. The van der Waals surface area contributed by atoms with Crippen LogP contribution in [0.4, 0.5) is 8.78 Å². The van der Waals surface area contributed by atoms with Gasteiger partial charge in [0.05, 0.1) is 6.04 Å². The van der Waals surface area contributed by atoms with E-state index in [4.69, 9.17) is 0 Å². The largest absolute Gasteiger partial charge is 0.311 e. The van der Waals surface area contributed by atoms with Gasteiger partial charge in [0.15, 0.2) is 0 Å². The maximum Gasteiger partial charge on any atom is 0.130 e. The molecule has 0 aliphatic carbocycles. The maximum absolute atomic E-state index is 14.3. The Kier molecular flexibility index (Phi) is 6.75. The van der Waals surface area contributed by atoms with Crippen LogP contribution in [0, 0.1) is 11.6 Å². The van der Waals surface area contributed by atoms with Gasteiger partial charge in [-0.15, -0.1) is 0 Å². The van der Waals surface area contributed by atoms with Gasteiger partial charge in [0.1, 0.15) is 11.6 Å². The highest BCUT2D eigenvalue weighted by atomic mass is 19.1. The van der Waals surface area contributed by atoms with E-state index in [2.05, 4.69) is 37.9 Å². The van der Waals surface area contributed by atoms with Crippen molar-refractivity contribution in [2.24, 2.45) is 0 Å². The average Bonchev–Trinajstić information content (AvgIpc) is 2.49. The zero-order valence-corrected chi connectivity index (χ0v) is 13.8. The fourth-order valence-corrected chi connectivity index (χ4v) is 3.61. The van der Waals surface area contributed by atoms with E-state index < -0.39 is 11.6 Å². The van der Waals surface area contributed by atoms with Crippen LogP contribution < -0.4 is 5.32 Å². The van der Waals surface area contributed by atoms with E-state index in [9.17, 15) is 8.78 Å². The molecule has 1 unspecified atom stereocenters. The molecule has 0 aromatic heterocycles. The number of likely N-dealkylation sites (N-methyl/N-ethyl adjacent to an activating group) is 2. The predicted octanol–water partition coefficient (Wildman–Crippen LogP) is 4.13. The van der Waals surface area contributed by atoms with Crippen molar-refractivity contribution < 1.29 is 8.78 Å². The molecular formula is C17H28F2N2. The minimum Gasteiger partial charge on any atom is -0.311 e. The first kappa shape index (κ1) is 18.1. The highest BCUT2D eigenvalue weighted by Crippen LogP contribution is 2.39. The van der Waals surface area contributed by atoms with Crippen LogP contribution >= 0.6 is 0 Å². The normalized spacial score (nSPS) is 13.7. The quantitative estimate of drug-likeness (QED) is 0.776. The van der Waals surface area contributed by atoms with E-state index in [1.165, 1.54) is 18.2 Å². The zero-order chi connectivity index (χ0) is 16.0. The van der Waals surface area contributed by atoms with E-state index in [-0.39, 0.29) is 17.1 Å². The van der Waals surface area contributed by atoms with E-state index in [0.717, 1.165) is 25.9 Å². The summed E-state index contributed by atoms with van der Waals surface area (Å²) in [6.07, 6.45) is 1.65. The molecule has 1 N–H and O–H groups in total. The fourth-order valence-electron chi connectivity index (χ4n) is 3.61. The molecule has 0 saturated heterocycles. The Balaban J connectivity index is 3.45. The Morgan fingerprint density at radius 1 is 1.05 bits per heavy atom. The highest BCUT2D eigenvalue weighted by Gasteiger charge is 2.42. The lowest BCUT2D eigenvalue weighted by Gasteiger charge is -2.48. The molecule has 21 heavy (non-hydrogen) atoms. The van der Waals surface area contributed by atoms with Crippen molar-refractivity contribution in [2.45, 2.75) is 52.1 Å². The Hall–Kier alpha value is -1.00. The molecule has 0 spiro atoms. The summed E-state index contributed by atoms with van der Waals surface area (Å²) >= 11 is 0. The Morgan fingerprint density at radius 2 is 1.52 bits per heavy atom. The van der Waals surface area contributed by atoms with Crippen molar-refractivity contribution in [2.75, 3.05) is 20.1 Å². The van der Waals surface area contributed by atoms with Gasteiger partial charge in [-0.25, -0.2) is 8.78 Å². The molecule has 0 amide bonds. The number of hydrogen-bond donors (Lipinski definition) is 1. The van der Waals surface area contributed by atoms with E-state index in [1.807, 2.05) is 0 Å². The number of nitrogens with one attached hydrogen (secondary N) is 1. The van der Waals surface area contributed by atoms with Crippen LogP contribution in [0.15, 0.2) is 18.2 Å². The third-order valence-corrected chi connectivity index (χ3v) is 4.73. The minimum atomic E-state index is -0.479. The lowest BCUT2D eigenvalue weighted by atomic mass is 9.78. The van der Waals surface area contributed by atoms with Crippen LogP contribution in [-0.2, 0) is 0 Å². The van der Waals surface area contributed by atoms with Gasteiger partial charge < -0.3 is 5.32 Å². The lowest BCUT2D eigenvalue weighted by Crippen LogP contribution is -2.56. The molecule has 120 valence electrons. The van der Waals surface area contributed by atoms with Gasteiger partial charge in [0.25, 0.3) is 0 Å². The maximum atomic E-state index is 14.3. The van der Waals surface area contributed by atoms with Crippen molar-refractivity contribution in [1.82, 2.24) is 10.2 Å². The third kappa shape index (κ3) is 3.27. The summed E-state index contributed by atoms with van der Waals surface area (Å²) in [6, 6.07) is 3.70. The smallest absolute Gasteiger partial charge is 0.130 e. The van der Waals surface area contributed by atoms with Crippen molar-refractivity contribution >= 4 is 0 Å². The molecule has 0 heterocycles. The number of halogens is 2. The molecular weight excluding hydrogens is 270 g/mol. The summed E-state index contributed by atoms with van der Waals surface area (Å²) < 4.78 is 28.5. The van der Waals surface area contributed by atoms with Crippen LogP contribution in [-0.4, -0.2) is 30.6 Å². The average molecular weight is 298 g/mol. The first-order valence-corrected chi connectivity index (χ1v) is 7.88. The van der Waals surface area contributed by atoms with Crippen LogP contribution in [0.1, 0.15) is 52.1 Å². The van der Waals surface area contributed by atoms with Crippen molar-refractivity contribution in [3.8, 4) is 0 Å². The number of nitrogens with zero attached hydrogens (tertiary/aromatic N) is 1. The molecule has 4 heteroatoms. The fraction of sp³-hybridized carbons (Fsp3) is 0.647. The molecule has 2 nitrogen and oxygen atoms in total. The summed E-state index contributed by atoms with van der Waals surface area (Å²) in [4.78, 5) is 2.31. The molecule has 0 aliphatic rings. The Morgan fingerprint density at radius 3 is 1.86 bits per heavy atom. The first-order valence-electron chi connectivity index (χ1n) is 7.88. The molecule has 1 aromatic carbocycles. The second-order valence-electron chi connectivity index (χ2n) is 5.34. The van der Waals surface area contributed by atoms with Gasteiger partial charge in [0.2, 0.25) is 0 Å². The van der Waals surface area contributed by atoms with E-state index >= 15 is 0 Å². The Labute approximate surface area is 127 Å². The Bertz CT molecular complexity index is 420. The number of rotatable bonds is 8. The molecule has 0 aliphatic heterocycles. The molecule has 0 saturated carbocycles. The van der Waals surface area contributed by atoms with Crippen LogP contribution in [0.2, 0.25) is 0 Å². The van der Waals surface area contributed by atoms with E-state index in [0.29, 0.717) is 0 Å². The summed E-state index contributed by atoms with van der Waals surface area (Å²) in [6.45, 7) is 10.1. The highest BCUT2D eigenvalue weighted by molar-refractivity contribution is 5.27. The van der Waals surface area contributed by atoms with Crippen LogP contribution in [0.3, 0.4) is 0 Å². The van der Waals surface area contributed by atoms with Gasteiger partial charge >= 0.3 is 0 Å². The topological polar surface area (TPSA) is 15.3 Å². The second-order valence-corrected chi connectivity index (χ2v) is 5.34. The van der Waals surface area contributed by atoms with Crippen molar-refractivity contribution in [3.63, 3.8) is 0 Å². The van der Waals surface area contributed by atoms with Crippen molar-refractivity contribution in [3.05, 3.63) is 35.4 Å². The minimum absolute atomic E-state index is 0.149. The van der Waals surface area contributed by atoms with Gasteiger partial charge in [-0.3, -0.25) is 4.90 Å². The number of hydrogen-bond acceptors (Lipinski definition) is 2. The third-order valence-electron chi connectivity index (χ3n) is 4.73. The monoisotopic (exact) mass is 298 g/mol. The zero-order valence-electron chi connectivity index (χ0n) is 13.8. The SMILES string of the molecule is CCN(CC)C(CC)(CC)C(NC)c1c(F)cccc1F. The number of benzene rings is 1. The molecule has 0 fully saturated rings. The molecule has 1 rings (SSSR count). The molecule has 0 bridgehead atoms. The first-order chi connectivity index (χ1) is 10.0. The van der Waals surface area contributed by atoms with Gasteiger partial charge in [0, 0.05) is 11.1 Å². The van der Waals surface area contributed by atoms with Crippen molar-refractivity contribution in [1.29, 1.82) is 0 Å². The van der Waals surface area contributed by atoms with Gasteiger partial charge in [-0.1, -0.05) is 33.8 Å². The summed E-state index contributed by atoms with van der Waals surface area (Å²) in [5.74, 6) is -0.958. The van der Waals surface area contributed by atoms with Crippen LogP contribution in [0.25, 0.3) is 0 Å².